The van der Waals surface area contributed by atoms with Gasteiger partial charge in [0.05, 0.1) is 32.5 Å². The van der Waals surface area contributed by atoms with Gasteiger partial charge in [-0.25, -0.2) is 4.79 Å². The molecule has 6 heteroatoms. The number of carbonyl (C=O) groups is 2. The van der Waals surface area contributed by atoms with Crippen molar-refractivity contribution in [2.24, 2.45) is 0 Å². The van der Waals surface area contributed by atoms with E-state index in [2.05, 4.69) is 0 Å². The molecule has 0 unspecified atom stereocenters. The van der Waals surface area contributed by atoms with Crippen molar-refractivity contribution < 1.29 is 23.8 Å². The summed E-state index contributed by atoms with van der Waals surface area (Å²) in [5.41, 5.74) is 2.13. The average molecular weight is 385 g/mol. The lowest BCUT2D eigenvalue weighted by Crippen LogP contribution is -2.37. The normalized spacial score (nSPS) is 19.4. The van der Waals surface area contributed by atoms with Gasteiger partial charge in [-0.3, -0.25) is 4.79 Å². The molecule has 0 atom stereocenters. The molecular formula is C22H27NO5. The molecule has 2 aliphatic rings. The molecule has 0 N–H and O–H groups in total. The topological polar surface area (TPSA) is 65.1 Å². The summed E-state index contributed by atoms with van der Waals surface area (Å²) in [4.78, 5) is 27.5. The first-order valence-corrected chi connectivity index (χ1v) is 9.58. The largest absolute Gasteiger partial charge is 0.493 e. The number of amides is 1. The molecule has 0 aromatic heterocycles. The van der Waals surface area contributed by atoms with Crippen molar-refractivity contribution >= 4 is 18.0 Å². The van der Waals surface area contributed by atoms with Crippen LogP contribution in [-0.4, -0.2) is 44.1 Å². The summed E-state index contributed by atoms with van der Waals surface area (Å²) < 4.78 is 15.6. The minimum atomic E-state index is -0.490. The summed E-state index contributed by atoms with van der Waals surface area (Å²) in [5, 5.41) is 0. The number of allylic oxidation sites excluding steroid dienone is 1. The molecule has 0 radical (unpaired) electrons. The zero-order valence-electron chi connectivity index (χ0n) is 16.9. The molecule has 6 nitrogen and oxygen atoms in total. The number of nitrogens with zero attached hydrogens (tertiary/aromatic N) is 1. The zero-order chi connectivity index (χ0) is 20.3. The van der Waals surface area contributed by atoms with Gasteiger partial charge in [-0.2, -0.15) is 0 Å². The summed E-state index contributed by atoms with van der Waals surface area (Å²) in [6.45, 7) is 1.83. The number of carbonyl (C=O) groups excluding carboxylic acids is 2. The zero-order valence-corrected chi connectivity index (χ0v) is 16.9. The molecule has 1 fully saturated rings. The quantitative estimate of drug-likeness (QED) is 0.571. The summed E-state index contributed by atoms with van der Waals surface area (Å²) in [6, 6.07) is 5.52. The van der Waals surface area contributed by atoms with Crippen molar-refractivity contribution in [1.29, 1.82) is 0 Å². The Hall–Kier alpha value is -2.76. The second kappa shape index (κ2) is 8.50. The SMILES string of the molecule is COC(=O)C1=C(C)N(C2CCCCC2)C(=O)/C1=C\c1ccc(OC)c(OC)c1. The second-order valence-electron chi connectivity index (χ2n) is 7.09. The third kappa shape index (κ3) is 3.63. The molecule has 28 heavy (non-hydrogen) atoms. The van der Waals surface area contributed by atoms with E-state index in [0.717, 1.165) is 31.2 Å². The van der Waals surface area contributed by atoms with E-state index < -0.39 is 5.97 Å². The van der Waals surface area contributed by atoms with Crippen molar-refractivity contribution in [2.75, 3.05) is 21.3 Å². The Kier molecular flexibility index (Phi) is 6.07. The number of benzene rings is 1. The van der Waals surface area contributed by atoms with Crippen LogP contribution in [0, 0.1) is 0 Å². The van der Waals surface area contributed by atoms with Crippen molar-refractivity contribution in [3.63, 3.8) is 0 Å². The van der Waals surface area contributed by atoms with Crippen LogP contribution in [0.5, 0.6) is 11.5 Å². The van der Waals surface area contributed by atoms with Crippen LogP contribution < -0.4 is 9.47 Å². The fourth-order valence-corrected chi connectivity index (χ4v) is 4.09. The summed E-state index contributed by atoms with van der Waals surface area (Å²) in [6.07, 6.45) is 7.04. The lowest BCUT2D eigenvalue weighted by atomic mass is 9.94. The first-order chi connectivity index (χ1) is 13.5. The highest BCUT2D eigenvalue weighted by Gasteiger charge is 2.40. The minimum Gasteiger partial charge on any atom is -0.493 e. The third-order valence-corrected chi connectivity index (χ3v) is 5.49. The van der Waals surface area contributed by atoms with Crippen LogP contribution >= 0.6 is 0 Å². The molecule has 150 valence electrons. The van der Waals surface area contributed by atoms with Crippen LogP contribution in [0.4, 0.5) is 0 Å². The van der Waals surface area contributed by atoms with E-state index in [1.807, 2.05) is 13.0 Å². The van der Waals surface area contributed by atoms with E-state index in [9.17, 15) is 9.59 Å². The second-order valence-corrected chi connectivity index (χ2v) is 7.09. The highest BCUT2D eigenvalue weighted by atomic mass is 16.5. The van der Waals surface area contributed by atoms with E-state index in [0.29, 0.717) is 28.3 Å². The molecule has 0 spiro atoms. The van der Waals surface area contributed by atoms with Gasteiger partial charge in [-0.1, -0.05) is 25.3 Å². The Bertz CT molecular complexity index is 833. The van der Waals surface area contributed by atoms with E-state index in [-0.39, 0.29) is 11.9 Å². The maximum atomic E-state index is 13.3. The van der Waals surface area contributed by atoms with Gasteiger partial charge in [0.15, 0.2) is 11.5 Å². The highest BCUT2D eigenvalue weighted by molar-refractivity contribution is 6.16. The van der Waals surface area contributed by atoms with E-state index >= 15 is 0 Å². The predicted octanol–water partition coefficient (Wildman–Crippen LogP) is 3.71. The fourth-order valence-electron chi connectivity index (χ4n) is 4.09. The number of ether oxygens (including phenoxy) is 3. The van der Waals surface area contributed by atoms with Gasteiger partial charge in [0, 0.05) is 11.7 Å². The predicted molar refractivity (Wildman–Crippen MR) is 106 cm³/mol. The Morgan fingerprint density at radius 1 is 1.07 bits per heavy atom. The van der Waals surface area contributed by atoms with Gasteiger partial charge in [-0.15, -0.1) is 0 Å². The maximum absolute atomic E-state index is 13.3. The van der Waals surface area contributed by atoms with Gasteiger partial charge in [0.25, 0.3) is 5.91 Å². The standard InChI is InChI=1S/C22H27NO5/c1-14-20(22(25)28-4)17(21(24)23(14)16-8-6-5-7-9-16)12-15-10-11-18(26-2)19(13-15)27-3/h10-13,16H,5-9H2,1-4H3/b17-12-. The molecular weight excluding hydrogens is 358 g/mol. The summed E-state index contributed by atoms with van der Waals surface area (Å²) in [7, 11) is 4.47. The van der Waals surface area contributed by atoms with Gasteiger partial charge < -0.3 is 19.1 Å². The Balaban J connectivity index is 2.04. The number of methoxy groups -OCH3 is 3. The monoisotopic (exact) mass is 385 g/mol. The number of hydrogen-bond acceptors (Lipinski definition) is 5. The Morgan fingerprint density at radius 2 is 1.75 bits per heavy atom. The van der Waals surface area contributed by atoms with Crippen molar-refractivity contribution in [3.8, 4) is 11.5 Å². The van der Waals surface area contributed by atoms with Gasteiger partial charge in [-0.05, 0) is 43.5 Å². The molecule has 1 aromatic rings. The molecule has 1 amide bonds. The molecule has 0 saturated heterocycles. The van der Waals surface area contributed by atoms with Crippen molar-refractivity contribution in [3.05, 3.63) is 40.6 Å². The van der Waals surface area contributed by atoms with Crippen LogP contribution in [0.25, 0.3) is 6.08 Å². The molecule has 1 heterocycles. The van der Waals surface area contributed by atoms with Crippen molar-refractivity contribution in [1.82, 2.24) is 4.90 Å². The molecule has 3 rings (SSSR count). The lowest BCUT2D eigenvalue weighted by molar-refractivity contribution is -0.136. The van der Waals surface area contributed by atoms with Crippen LogP contribution in [-0.2, 0) is 14.3 Å². The molecule has 0 bridgehead atoms. The minimum absolute atomic E-state index is 0.136. The van der Waals surface area contributed by atoms with Crippen LogP contribution in [0.1, 0.15) is 44.6 Å². The first kappa shape index (κ1) is 20.0. The maximum Gasteiger partial charge on any atom is 0.340 e. The molecule has 1 aliphatic carbocycles. The number of rotatable bonds is 5. The average Bonchev–Trinajstić information content (AvgIpc) is 2.97. The number of hydrogen-bond donors (Lipinski definition) is 0. The first-order valence-electron chi connectivity index (χ1n) is 9.58. The van der Waals surface area contributed by atoms with Crippen LogP contribution in [0.3, 0.4) is 0 Å². The Morgan fingerprint density at radius 3 is 2.36 bits per heavy atom. The van der Waals surface area contributed by atoms with E-state index in [4.69, 9.17) is 14.2 Å². The van der Waals surface area contributed by atoms with E-state index in [1.165, 1.54) is 13.5 Å². The van der Waals surface area contributed by atoms with E-state index in [1.54, 1.807) is 37.3 Å². The summed E-state index contributed by atoms with van der Waals surface area (Å²) >= 11 is 0. The van der Waals surface area contributed by atoms with Gasteiger partial charge in [0.2, 0.25) is 0 Å². The Labute approximate surface area is 165 Å². The smallest absolute Gasteiger partial charge is 0.340 e. The van der Waals surface area contributed by atoms with Gasteiger partial charge >= 0.3 is 5.97 Å². The molecule has 1 aliphatic heterocycles. The van der Waals surface area contributed by atoms with Gasteiger partial charge in [0.1, 0.15) is 0 Å². The highest BCUT2D eigenvalue weighted by Crippen LogP contribution is 2.37. The third-order valence-electron chi connectivity index (χ3n) is 5.49. The lowest BCUT2D eigenvalue weighted by Gasteiger charge is -2.32. The molecule has 1 saturated carbocycles. The molecule has 1 aromatic carbocycles. The fraction of sp³-hybridized carbons (Fsp3) is 0.455. The summed E-state index contributed by atoms with van der Waals surface area (Å²) in [5.74, 6) is 0.536. The number of esters is 1. The van der Waals surface area contributed by atoms with Crippen molar-refractivity contribution in [2.45, 2.75) is 45.1 Å². The van der Waals surface area contributed by atoms with Crippen LogP contribution in [0.15, 0.2) is 35.0 Å². The van der Waals surface area contributed by atoms with Crippen LogP contribution in [0.2, 0.25) is 0 Å².